The molecule has 0 saturated carbocycles. The molecule has 2 heterocycles. The minimum atomic E-state index is -0.139. The second-order valence-electron chi connectivity index (χ2n) is 6.26. The lowest BCUT2D eigenvalue weighted by Crippen LogP contribution is -2.14. The molecule has 0 aliphatic heterocycles. The van der Waals surface area contributed by atoms with Crippen molar-refractivity contribution in [1.29, 1.82) is 0 Å². The number of ether oxygens (including phenoxy) is 1. The molecule has 0 atom stereocenters. The molecule has 1 amide bonds. The first-order valence-electron chi connectivity index (χ1n) is 8.94. The molecule has 0 saturated heterocycles. The van der Waals surface area contributed by atoms with Crippen LogP contribution in [0.1, 0.15) is 11.4 Å². The average molecular weight is 426 g/mol. The van der Waals surface area contributed by atoms with Gasteiger partial charge in [-0.15, -0.1) is 10.2 Å². The van der Waals surface area contributed by atoms with Crippen molar-refractivity contribution >= 4 is 44.4 Å². The number of thiazole rings is 1. The van der Waals surface area contributed by atoms with Gasteiger partial charge in [-0.05, 0) is 24.6 Å². The van der Waals surface area contributed by atoms with E-state index in [1.54, 1.807) is 7.11 Å². The van der Waals surface area contributed by atoms with Crippen molar-refractivity contribution in [2.24, 2.45) is 0 Å². The van der Waals surface area contributed by atoms with Crippen LogP contribution in [-0.4, -0.2) is 38.5 Å². The Morgan fingerprint density at radius 1 is 1.17 bits per heavy atom. The molecule has 4 rings (SSSR count). The van der Waals surface area contributed by atoms with Gasteiger partial charge in [0.1, 0.15) is 17.1 Å². The zero-order valence-electron chi connectivity index (χ0n) is 16.0. The van der Waals surface area contributed by atoms with E-state index in [2.05, 4.69) is 32.6 Å². The van der Waals surface area contributed by atoms with Gasteiger partial charge in [0.15, 0.2) is 10.3 Å². The van der Waals surface area contributed by atoms with Crippen molar-refractivity contribution in [3.05, 3.63) is 59.9 Å². The summed E-state index contributed by atoms with van der Waals surface area (Å²) in [6, 6.07) is 15.8. The molecule has 4 aromatic rings. The van der Waals surface area contributed by atoms with Crippen LogP contribution in [0.3, 0.4) is 0 Å². The number of fused-ring (bicyclic) bond motifs is 1. The molecule has 9 heteroatoms. The molecule has 7 nitrogen and oxygen atoms in total. The number of para-hydroxylation sites is 1. The minimum Gasteiger partial charge on any atom is -0.494 e. The molecule has 0 unspecified atom stereocenters. The summed E-state index contributed by atoms with van der Waals surface area (Å²) in [5, 5.41) is 12.5. The van der Waals surface area contributed by atoms with Crippen LogP contribution in [0.15, 0.2) is 53.7 Å². The number of hydrogen-bond acceptors (Lipinski definition) is 7. The number of benzene rings is 2. The van der Waals surface area contributed by atoms with E-state index in [1.807, 2.05) is 47.9 Å². The summed E-state index contributed by atoms with van der Waals surface area (Å²) in [4.78, 5) is 16.9. The van der Waals surface area contributed by atoms with Crippen molar-refractivity contribution in [1.82, 2.24) is 19.7 Å². The highest BCUT2D eigenvalue weighted by Gasteiger charge is 2.14. The van der Waals surface area contributed by atoms with Crippen molar-refractivity contribution < 1.29 is 9.53 Å². The van der Waals surface area contributed by atoms with Crippen molar-refractivity contribution in [2.45, 2.75) is 18.6 Å². The summed E-state index contributed by atoms with van der Waals surface area (Å²) >= 11 is 2.78. The zero-order valence-corrected chi connectivity index (χ0v) is 17.6. The highest BCUT2D eigenvalue weighted by atomic mass is 32.2. The lowest BCUT2D eigenvalue weighted by atomic mass is 10.2. The predicted molar refractivity (Wildman–Crippen MR) is 116 cm³/mol. The number of rotatable bonds is 7. The quantitative estimate of drug-likeness (QED) is 0.451. The second-order valence-corrected chi connectivity index (χ2v) is 8.24. The van der Waals surface area contributed by atoms with Gasteiger partial charge in [0.25, 0.3) is 0 Å². The Balaban J connectivity index is 1.42. The molecule has 1 N–H and O–H groups in total. The van der Waals surface area contributed by atoms with Crippen LogP contribution in [0.2, 0.25) is 0 Å². The monoisotopic (exact) mass is 425 g/mol. The maximum Gasteiger partial charge on any atom is 0.236 e. The summed E-state index contributed by atoms with van der Waals surface area (Å²) in [5.41, 5.74) is 1.91. The number of nitrogens with one attached hydrogen (secondary N) is 1. The van der Waals surface area contributed by atoms with Gasteiger partial charge in [-0.3, -0.25) is 4.79 Å². The summed E-state index contributed by atoms with van der Waals surface area (Å²) < 4.78 is 8.30. The highest BCUT2D eigenvalue weighted by Crippen LogP contribution is 2.32. The average Bonchev–Trinajstić information content (AvgIpc) is 3.30. The third-order valence-electron chi connectivity index (χ3n) is 4.27. The van der Waals surface area contributed by atoms with E-state index in [1.165, 1.54) is 23.1 Å². The molecular formula is C20H19N5O2S2. The van der Waals surface area contributed by atoms with Crippen LogP contribution in [0.5, 0.6) is 5.75 Å². The van der Waals surface area contributed by atoms with Gasteiger partial charge in [-0.1, -0.05) is 59.5 Å². The van der Waals surface area contributed by atoms with E-state index in [-0.39, 0.29) is 11.7 Å². The van der Waals surface area contributed by atoms with Crippen LogP contribution in [0.4, 0.5) is 5.13 Å². The van der Waals surface area contributed by atoms with Crippen molar-refractivity contribution in [2.75, 3.05) is 18.2 Å². The summed E-state index contributed by atoms with van der Waals surface area (Å²) in [6.07, 6.45) is 0. The lowest BCUT2D eigenvalue weighted by molar-refractivity contribution is -0.113. The van der Waals surface area contributed by atoms with E-state index in [0.29, 0.717) is 22.6 Å². The van der Waals surface area contributed by atoms with Crippen LogP contribution in [0, 0.1) is 6.92 Å². The lowest BCUT2D eigenvalue weighted by Gasteiger charge is -2.08. The topological polar surface area (TPSA) is 81.9 Å². The normalized spacial score (nSPS) is 11.0. The van der Waals surface area contributed by atoms with E-state index >= 15 is 0 Å². The third kappa shape index (κ3) is 4.41. The van der Waals surface area contributed by atoms with Gasteiger partial charge in [0.05, 0.1) is 24.1 Å². The molecule has 0 fully saturated rings. The van der Waals surface area contributed by atoms with E-state index in [0.717, 1.165) is 21.6 Å². The Morgan fingerprint density at radius 3 is 2.79 bits per heavy atom. The summed E-state index contributed by atoms with van der Waals surface area (Å²) in [6.45, 7) is 2.58. The Bertz CT molecular complexity index is 1140. The largest absolute Gasteiger partial charge is 0.494 e. The number of aryl methyl sites for hydroxylation is 1. The molecule has 148 valence electrons. The first-order valence-corrected chi connectivity index (χ1v) is 10.7. The van der Waals surface area contributed by atoms with Crippen LogP contribution in [0.25, 0.3) is 10.2 Å². The van der Waals surface area contributed by atoms with Gasteiger partial charge in [-0.25, -0.2) is 4.98 Å². The maximum absolute atomic E-state index is 12.4. The molecule has 0 aliphatic rings. The Labute approximate surface area is 176 Å². The third-order valence-corrected chi connectivity index (χ3v) is 6.17. The molecule has 2 aromatic heterocycles. The number of nitrogens with zero attached hydrogens (tertiary/aromatic N) is 4. The molecular weight excluding hydrogens is 406 g/mol. The number of carbonyl (C=O) groups excluding carboxylic acids is 1. The second kappa shape index (κ2) is 8.62. The molecule has 0 aliphatic carbocycles. The van der Waals surface area contributed by atoms with Crippen LogP contribution >= 0.6 is 23.1 Å². The van der Waals surface area contributed by atoms with Gasteiger partial charge in [0, 0.05) is 0 Å². The molecule has 2 aromatic carbocycles. The Hall–Kier alpha value is -2.91. The smallest absolute Gasteiger partial charge is 0.236 e. The number of methoxy groups -OCH3 is 1. The first kappa shape index (κ1) is 19.4. The molecule has 0 radical (unpaired) electrons. The van der Waals surface area contributed by atoms with Crippen LogP contribution < -0.4 is 10.1 Å². The van der Waals surface area contributed by atoms with E-state index in [4.69, 9.17) is 4.74 Å². The summed E-state index contributed by atoms with van der Waals surface area (Å²) in [5.74, 6) is 1.59. The Morgan fingerprint density at radius 2 is 2.00 bits per heavy atom. The SMILES string of the molecule is COc1cccc2sc(NC(=O)CSc3nnc(C)n3Cc3ccccc3)nc12. The maximum atomic E-state index is 12.4. The number of anilines is 1. The van der Waals surface area contributed by atoms with Gasteiger partial charge >= 0.3 is 0 Å². The fraction of sp³-hybridized carbons (Fsp3) is 0.200. The van der Waals surface area contributed by atoms with Gasteiger partial charge < -0.3 is 14.6 Å². The number of carbonyl (C=O) groups is 1. The fourth-order valence-electron chi connectivity index (χ4n) is 2.84. The highest BCUT2D eigenvalue weighted by molar-refractivity contribution is 7.99. The standard InChI is InChI=1S/C20H19N5O2S2/c1-13-23-24-20(25(13)11-14-7-4-3-5-8-14)28-12-17(26)21-19-22-18-15(27-2)9-6-10-16(18)29-19/h3-10H,11-12H2,1-2H3,(H,21,22,26). The minimum absolute atomic E-state index is 0.139. The van der Waals surface area contributed by atoms with Gasteiger partial charge in [-0.2, -0.15) is 0 Å². The van der Waals surface area contributed by atoms with Crippen LogP contribution in [-0.2, 0) is 11.3 Å². The molecule has 0 spiro atoms. The van der Waals surface area contributed by atoms with Crippen molar-refractivity contribution in [3.8, 4) is 5.75 Å². The molecule has 0 bridgehead atoms. The van der Waals surface area contributed by atoms with Gasteiger partial charge in [0.2, 0.25) is 5.91 Å². The van der Waals surface area contributed by atoms with Crippen molar-refractivity contribution in [3.63, 3.8) is 0 Å². The number of aromatic nitrogens is 4. The summed E-state index contributed by atoms with van der Waals surface area (Å²) in [7, 11) is 1.61. The number of thioether (sulfide) groups is 1. The van der Waals surface area contributed by atoms with E-state index < -0.39 is 0 Å². The Kier molecular flexibility index (Phi) is 5.77. The number of amides is 1. The number of hydrogen-bond donors (Lipinski definition) is 1. The first-order chi connectivity index (χ1) is 14.1. The molecule has 29 heavy (non-hydrogen) atoms. The van der Waals surface area contributed by atoms with E-state index in [9.17, 15) is 4.79 Å². The fourth-order valence-corrected chi connectivity index (χ4v) is 4.53. The predicted octanol–water partition coefficient (Wildman–Crippen LogP) is 3.98. The zero-order chi connectivity index (χ0) is 20.2.